The number of nitro groups is 1. The molecule has 2 N–H and O–H groups in total. The lowest BCUT2D eigenvalue weighted by Gasteiger charge is -2.23. The average molecular weight is 269 g/mol. The number of rotatable bonds is 6. The molecule has 0 aliphatic rings. The average Bonchev–Trinajstić information content (AvgIpc) is 2.36. The first-order valence-corrected chi connectivity index (χ1v) is 5.43. The van der Waals surface area contributed by atoms with Crippen LogP contribution in [0.25, 0.3) is 0 Å². The number of anilines is 1. The van der Waals surface area contributed by atoms with Crippen LogP contribution in [0.3, 0.4) is 0 Å². The first-order valence-electron chi connectivity index (χ1n) is 5.43. The van der Waals surface area contributed by atoms with Gasteiger partial charge in [0.2, 0.25) is 0 Å². The topological polar surface area (TPSA) is 115 Å². The number of pyridine rings is 1. The summed E-state index contributed by atoms with van der Waals surface area (Å²) in [5.74, 6) is -1.13. The molecule has 0 unspecified atom stereocenters. The second-order valence-corrected chi connectivity index (χ2v) is 4.47. The van der Waals surface area contributed by atoms with Crippen molar-refractivity contribution in [1.29, 1.82) is 0 Å². The molecule has 0 fully saturated rings. The maximum Gasteiger partial charge on any atom is 0.342 e. The van der Waals surface area contributed by atoms with Crippen molar-refractivity contribution in [3.8, 4) is 0 Å². The number of nitrogens with one attached hydrogen (secondary N) is 1. The maximum absolute atomic E-state index is 11.0. The van der Waals surface area contributed by atoms with Crippen molar-refractivity contribution in [1.82, 2.24) is 4.98 Å². The number of carboxylic acids is 1. The van der Waals surface area contributed by atoms with E-state index in [-0.39, 0.29) is 5.82 Å². The molecule has 0 bridgehead atoms. The maximum atomic E-state index is 11.0. The normalized spacial score (nSPS) is 11.1. The number of ether oxygens (including phenoxy) is 1. The van der Waals surface area contributed by atoms with Crippen LogP contribution in [-0.4, -0.2) is 40.2 Å². The van der Waals surface area contributed by atoms with Crippen LogP contribution in [0.5, 0.6) is 0 Å². The van der Waals surface area contributed by atoms with E-state index in [0.29, 0.717) is 6.54 Å². The quantitative estimate of drug-likeness (QED) is 0.594. The Morgan fingerprint density at radius 3 is 2.74 bits per heavy atom. The number of aromatic carboxylic acids is 1. The Labute approximate surface area is 109 Å². The Balaban J connectivity index is 2.97. The second kappa shape index (κ2) is 5.61. The summed E-state index contributed by atoms with van der Waals surface area (Å²) < 4.78 is 5.18. The van der Waals surface area contributed by atoms with Gasteiger partial charge in [-0.3, -0.25) is 10.1 Å². The van der Waals surface area contributed by atoms with Gasteiger partial charge in [0.05, 0.1) is 10.5 Å². The molecule has 0 saturated carbocycles. The summed E-state index contributed by atoms with van der Waals surface area (Å²) in [4.78, 5) is 24.6. The summed E-state index contributed by atoms with van der Waals surface area (Å²) in [5, 5.41) is 22.5. The first-order chi connectivity index (χ1) is 8.76. The number of hydrogen-bond acceptors (Lipinski definition) is 6. The number of aromatic nitrogens is 1. The second-order valence-electron chi connectivity index (χ2n) is 4.47. The molecule has 0 aliphatic heterocycles. The van der Waals surface area contributed by atoms with E-state index in [1.54, 1.807) is 7.11 Å². The minimum atomic E-state index is -1.37. The van der Waals surface area contributed by atoms with Crippen LogP contribution in [0.4, 0.5) is 11.5 Å². The predicted octanol–water partition coefficient (Wildman–Crippen LogP) is 1.52. The van der Waals surface area contributed by atoms with Crippen LogP contribution in [0.15, 0.2) is 12.3 Å². The van der Waals surface area contributed by atoms with Gasteiger partial charge in [0, 0.05) is 19.7 Å². The number of methoxy groups -OCH3 is 1. The van der Waals surface area contributed by atoms with Crippen molar-refractivity contribution in [2.45, 2.75) is 19.4 Å². The van der Waals surface area contributed by atoms with Gasteiger partial charge >= 0.3 is 11.7 Å². The Hall–Kier alpha value is -2.22. The highest BCUT2D eigenvalue weighted by Crippen LogP contribution is 2.20. The monoisotopic (exact) mass is 269 g/mol. The molecule has 0 saturated heterocycles. The standard InChI is InChI=1S/C11H15N3O5/c1-11(2,19-3)6-13-9-4-7(10(15)16)8(5-12-9)14(17)18/h4-5H,6H2,1-3H3,(H,12,13)(H,15,16). The molecular weight excluding hydrogens is 254 g/mol. The lowest BCUT2D eigenvalue weighted by Crippen LogP contribution is -2.32. The van der Waals surface area contributed by atoms with Crippen molar-refractivity contribution in [3.05, 3.63) is 27.9 Å². The molecule has 19 heavy (non-hydrogen) atoms. The highest BCUT2D eigenvalue weighted by molar-refractivity contribution is 5.93. The Bertz CT molecular complexity index is 501. The molecule has 0 radical (unpaired) electrons. The van der Waals surface area contributed by atoms with Crippen molar-refractivity contribution in [2.75, 3.05) is 19.0 Å². The zero-order chi connectivity index (χ0) is 14.6. The van der Waals surface area contributed by atoms with Gasteiger partial charge in [-0.15, -0.1) is 0 Å². The predicted molar refractivity (Wildman–Crippen MR) is 67.4 cm³/mol. The van der Waals surface area contributed by atoms with Crippen molar-refractivity contribution >= 4 is 17.5 Å². The summed E-state index contributed by atoms with van der Waals surface area (Å²) in [7, 11) is 1.55. The van der Waals surface area contributed by atoms with Crippen LogP contribution >= 0.6 is 0 Å². The molecule has 8 nitrogen and oxygen atoms in total. The van der Waals surface area contributed by atoms with Crippen LogP contribution in [0, 0.1) is 10.1 Å². The minimum Gasteiger partial charge on any atom is -0.477 e. The third-order valence-corrected chi connectivity index (χ3v) is 2.56. The third kappa shape index (κ3) is 3.88. The van der Waals surface area contributed by atoms with E-state index in [2.05, 4.69) is 10.3 Å². The molecule has 0 aliphatic carbocycles. The summed E-state index contributed by atoms with van der Waals surface area (Å²) in [6.45, 7) is 4.06. The molecule has 8 heteroatoms. The number of hydrogen-bond donors (Lipinski definition) is 2. The first kappa shape index (κ1) is 14.8. The molecule has 0 aromatic carbocycles. The number of nitrogens with zero attached hydrogens (tertiary/aromatic N) is 2. The van der Waals surface area contributed by atoms with Crippen molar-refractivity contribution in [2.24, 2.45) is 0 Å². The lowest BCUT2D eigenvalue weighted by molar-refractivity contribution is -0.385. The molecule has 104 valence electrons. The Morgan fingerprint density at radius 2 is 2.26 bits per heavy atom. The van der Waals surface area contributed by atoms with E-state index in [1.807, 2.05) is 13.8 Å². The van der Waals surface area contributed by atoms with Gasteiger partial charge in [-0.05, 0) is 13.8 Å². The summed E-state index contributed by atoms with van der Waals surface area (Å²) in [5.41, 5.74) is -1.41. The molecule has 1 rings (SSSR count). The molecule has 1 aromatic heterocycles. The SMILES string of the molecule is COC(C)(C)CNc1cc(C(=O)O)c([N+](=O)[O-])cn1. The summed E-state index contributed by atoms with van der Waals surface area (Å²) in [6, 6.07) is 1.13. The molecular formula is C11H15N3O5. The van der Waals surface area contributed by atoms with Gasteiger partial charge in [0.1, 0.15) is 17.6 Å². The highest BCUT2D eigenvalue weighted by Gasteiger charge is 2.22. The zero-order valence-electron chi connectivity index (χ0n) is 10.8. The van der Waals surface area contributed by atoms with E-state index in [4.69, 9.17) is 9.84 Å². The third-order valence-electron chi connectivity index (χ3n) is 2.56. The van der Waals surface area contributed by atoms with E-state index in [9.17, 15) is 14.9 Å². The number of carbonyl (C=O) groups is 1. The van der Waals surface area contributed by atoms with Gasteiger partial charge in [-0.2, -0.15) is 0 Å². The summed E-state index contributed by atoms with van der Waals surface area (Å²) in [6.07, 6.45) is 0.922. The fourth-order valence-electron chi connectivity index (χ4n) is 1.24. The largest absolute Gasteiger partial charge is 0.477 e. The van der Waals surface area contributed by atoms with Crippen molar-refractivity contribution in [3.63, 3.8) is 0 Å². The van der Waals surface area contributed by atoms with Crippen LogP contribution in [0.1, 0.15) is 24.2 Å². The van der Waals surface area contributed by atoms with E-state index in [1.165, 1.54) is 0 Å². The van der Waals surface area contributed by atoms with Gasteiger partial charge in [0.15, 0.2) is 0 Å². The molecule has 0 amide bonds. The zero-order valence-corrected chi connectivity index (χ0v) is 10.8. The van der Waals surface area contributed by atoms with Crippen LogP contribution in [0.2, 0.25) is 0 Å². The summed E-state index contributed by atoms with van der Waals surface area (Å²) >= 11 is 0. The van der Waals surface area contributed by atoms with Crippen molar-refractivity contribution < 1.29 is 19.6 Å². The van der Waals surface area contributed by atoms with Crippen LogP contribution < -0.4 is 5.32 Å². The van der Waals surface area contributed by atoms with E-state index >= 15 is 0 Å². The lowest BCUT2D eigenvalue weighted by atomic mass is 10.1. The Morgan fingerprint density at radius 1 is 1.63 bits per heavy atom. The van der Waals surface area contributed by atoms with Crippen LogP contribution in [-0.2, 0) is 4.74 Å². The van der Waals surface area contributed by atoms with Gasteiger partial charge in [-0.1, -0.05) is 0 Å². The molecule has 0 atom stereocenters. The van der Waals surface area contributed by atoms with Gasteiger partial charge in [-0.25, -0.2) is 9.78 Å². The molecule has 1 aromatic rings. The Kier molecular flexibility index (Phi) is 4.38. The van der Waals surface area contributed by atoms with E-state index in [0.717, 1.165) is 12.3 Å². The smallest absolute Gasteiger partial charge is 0.342 e. The molecule has 0 spiro atoms. The van der Waals surface area contributed by atoms with E-state index < -0.39 is 27.7 Å². The van der Waals surface area contributed by atoms with Gasteiger partial charge in [0.25, 0.3) is 0 Å². The number of carboxylic acid groups (broad SMARTS) is 1. The highest BCUT2D eigenvalue weighted by atomic mass is 16.6. The van der Waals surface area contributed by atoms with Gasteiger partial charge < -0.3 is 15.2 Å². The molecule has 1 heterocycles. The minimum absolute atomic E-state index is 0.244. The fraction of sp³-hybridized carbons (Fsp3) is 0.455. The fourth-order valence-corrected chi connectivity index (χ4v) is 1.24.